The van der Waals surface area contributed by atoms with Gasteiger partial charge in [-0.1, -0.05) is 30.7 Å². The molecule has 4 aliphatic rings. The first-order valence-electron chi connectivity index (χ1n) is 6.85. The summed E-state index contributed by atoms with van der Waals surface area (Å²) in [5, 5.41) is 0.867. The van der Waals surface area contributed by atoms with Gasteiger partial charge in [-0.25, -0.2) is 0 Å². The minimum absolute atomic E-state index is 0.505. The minimum Gasteiger partial charge on any atom is -0.0843 e. The summed E-state index contributed by atoms with van der Waals surface area (Å²) in [6, 6.07) is 8.70. The van der Waals surface area contributed by atoms with E-state index in [0.29, 0.717) is 10.8 Å². The van der Waals surface area contributed by atoms with E-state index in [-0.39, 0.29) is 0 Å². The highest BCUT2D eigenvalue weighted by molar-refractivity contribution is 6.30. The van der Waals surface area contributed by atoms with Crippen LogP contribution in [-0.4, -0.2) is 0 Å². The lowest BCUT2D eigenvalue weighted by molar-refractivity contribution is 0.135. The van der Waals surface area contributed by atoms with Gasteiger partial charge < -0.3 is 0 Å². The smallest absolute Gasteiger partial charge is 0.0406 e. The molecule has 0 heterocycles. The molecule has 0 amide bonds. The first-order chi connectivity index (χ1) is 8.09. The first-order valence-corrected chi connectivity index (χ1v) is 7.23. The van der Waals surface area contributed by atoms with Crippen molar-refractivity contribution in [1.29, 1.82) is 0 Å². The van der Waals surface area contributed by atoms with Crippen molar-refractivity contribution in [3.63, 3.8) is 0 Å². The largest absolute Gasteiger partial charge is 0.0843 e. The van der Waals surface area contributed by atoms with E-state index in [4.69, 9.17) is 11.6 Å². The Bertz CT molecular complexity index is 445. The van der Waals surface area contributed by atoms with Gasteiger partial charge in [-0.2, -0.15) is 0 Å². The molecular formula is C16H19Cl. The summed E-state index contributed by atoms with van der Waals surface area (Å²) >= 11 is 6.01. The van der Waals surface area contributed by atoms with Crippen molar-refractivity contribution in [3.8, 4) is 0 Å². The summed E-state index contributed by atoms with van der Waals surface area (Å²) < 4.78 is 0. The Balaban J connectivity index is 1.77. The summed E-state index contributed by atoms with van der Waals surface area (Å²) in [6.45, 7) is 2.52. The third-order valence-electron chi connectivity index (χ3n) is 5.70. The van der Waals surface area contributed by atoms with Crippen LogP contribution in [0.15, 0.2) is 24.3 Å². The zero-order chi connectivity index (χ0) is 11.7. The Morgan fingerprint density at radius 1 is 1.00 bits per heavy atom. The van der Waals surface area contributed by atoms with Gasteiger partial charge in [0.05, 0.1) is 0 Å². The molecule has 0 N–H and O–H groups in total. The van der Waals surface area contributed by atoms with Crippen LogP contribution in [0.1, 0.15) is 44.6 Å². The van der Waals surface area contributed by atoms with Gasteiger partial charge in [-0.05, 0) is 72.5 Å². The van der Waals surface area contributed by atoms with Crippen molar-refractivity contribution in [2.45, 2.75) is 44.4 Å². The second-order valence-electron chi connectivity index (χ2n) is 7.11. The van der Waals surface area contributed by atoms with Gasteiger partial charge in [0, 0.05) is 5.02 Å². The number of benzene rings is 1. The molecule has 4 aliphatic carbocycles. The summed E-state index contributed by atoms with van der Waals surface area (Å²) in [7, 11) is 0. The van der Waals surface area contributed by atoms with Crippen molar-refractivity contribution in [2.24, 2.45) is 17.3 Å². The minimum atomic E-state index is 0.505. The molecule has 0 nitrogen and oxygen atoms in total. The molecule has 4 fully saturated rings. The van der Waals surface area contributed by atoms with Gasteiger partial charge >= 0.3 is 0 Å². The second kappa shape index (κ2) is 3.09. The molecule has 5 rings (SSSR count). The van der Waals surface area contributed by atoms with Crippen LogP contribution in [0, 0.1) is 17.3 Å². The molecule has 0 saturated heterocycles. The molecule has 4 bridgehead atoms. The molecule has 0 aromatic heterocycles. The van der Waals surface area contributed by atoms with Crippen molar-refractivity contribution < 1.29 is 0 Å². The highest BCUT2D eigenvalue weighted by Gasteiger charge is 2.60. The van der Waals surface area contributed by atoms with Crippen LogP contribution in [0.2, 0.25) is 5.02 Å². The third kappa shape index (κ3) is 1.37. The zero-order valence-electron chi connectivity index (χ0n) is 10.4. The van der Waals surface area contributed by atoms with Crippen molar-refractivity contribution in [3.05, 3.63) is 34.9 Å². The summed E-state index contributed by atoms with van der Waals surface area (Å²) in [4.78, 5) is 0. The normalized spacial score (nSPS) is 46.7. The van der Waals surface area contributed by atoms with E-state index in [2.05, 4.69) is 31.2 Å². The maximum absolute atomic E-state index is 6.01. The monoisotopic (exact) mass is 246 g/mol. The van der Waals surface area contributed by atoms with E-state index < -0.39 is 0 Å². The quantitative estimate of drug-likeness (QED) is 0.667. The van der Waals surface area contributed by atoms with E-state index in [1.54, 1.807) is 5.56 Å². The zero-order valence-corrected chi connectivity index (χ0v) is 11.1. The number of halogens is 1. The Kier molecular flexibility index (Phi) is 1.90. The van der Waals surface area contributed by atoms with Crippen LogP contribution in [0.25, 0.3) is 0 Å². The number of hydrogen-bond donors (Lipinski definition) is 0. The average molecular weight is 247 g/mol. The van der Waals surface area contributed by atoms with Crippen molar-refractivity contribution in [1.82, 2.24) is 0 Å². The predicted octanol–water partition coefficient (Wildman–Crippen LogP) is 4.81. The molecule has 1 heteroatoms. The Labute approximate surface area is 108 Å². The average Bonchev–Trinajstić information content (AvgIpc) is 2.64. The SMILES string of the molecule is CC12CC3CC(c4ccc(Cl)cc4)(CC3C1)C2. The summed E-state index contributed by atoms with van der Waals surface area (Å²) in [6.07, 6.45) is 7.28. The molecular weight excluding hydrogens is 228 g/mol. The number of hydrogen-bond acceptors (Lipinski definition) is 0. The van der Waals surface area contributed by atoms with E-state index in [1.165, 1.54) is 32.1 Å². The Hall–Kier alpha value is -0.490. The van der Waals surface area contributed by atoms with Gasteiger partial charge in [0.2, 0.25) is 0 Å². The third-order valence-corrected chi connectivity index (χ3v) is 5.96. The standard InChI is InChI=1S/C16H19Cl/c1-15-6-11-8-16(10-15,9-12(11)7-15)13-2-4-14(17)5-3-13/h2-5,11-12H,6-10H2,1H3. The van der Waals surface area contributed by atoms with E-state index in [9.17, 15) is 0 Å². The van der Waals surface area contributed by atoms with E-state index in [1.807, 2.05) is 0 Å². The van der Waals surface area contributed by atoms with Crippen molar-refractivity contribution in [2.75, 3.05) is 0 Å². The molecule has 0 radical (unpaired) electrons. The Morgan fingerprint density at radius 2 is 1.59 bits per heavy atom. The van der Waals surface area contributed by atoms with E-state index in [0.717, 1.165) is 16.9 Å². The lowest BCUT2D eigenvalue weighted by Crippen LogP contribution is -2.36. The lowest BCUT2D eigenvalue weighted by atomic mass is 9.60. The van der Waals surface area contributed by atoms with Gasteiger partial charge in [-0.15, -0.1) is 0 Å². The lowest BCUT2D eigenvalue weighted by Gasteiger charge is -2.45. The summed E-state index contributed by atoms with van der Waals surface area (Å²) in [5.74, 6) is 2.04. The fourth-order valence-corrected chi connectivity index (χ4v) is 5.62. The first kappa shape index (κ1) is 10.4. The van der Waals surface area contributed by atoms with Gasteiger partial charge in [-0.3, -0.25) is 0 Å². The van der Waals surface area contributed by atoms with Gasteiger partial charge in [0.25, 0.3) is 0 Å². The van der Waals surface area contributed by atoms with Crippen LogP contribution < -0.4 is 0 Å². The highest BCUT2D eigenvalue weighted by atomic mass is 35.5. The van der Waals surface area contributed by atoms with Gasteiger partial charge in [0.15, 0.2) is 0 Å². The molecule has 0 spiro atoms. The molecule has 1 aromatic rings. The molecule has 4 saturated carbocycles. The maximum atomic E-state index is 6.01. The maximum Gasteiger partial charge on any atom is 0.0406 e. The molecule has 0 aliphatic heterocycles. The molecule has 2 atom stereocenters. The molecule has 90 valence electrons. The van der Waals surface area contributed by atoms with Crippen molar-refractivity contribution >= 4 is 11.6 Å². The predicted molar refractivity (Wildman–Crippen MR) is 71.3 cm³/mol. The van der Waals surface area contributed by atoms with Crippen LogP contribution in [0.3, 0.4) is 0 Å². The van der Waals surface area contributed by atoms with Crippen LogP contribution in [0.4, 0.5) is 0 Å². The van der Waals surface area contributed by atoms with Gasteiger partial charge in [0.1, 0.15) is 0 Å². The molecule has 2 unspecified atom stereocenters. The van der Waals surface area contributed by atoms with Crippen LogP contribution in [0.5, 0.6) is 0 Å². The summed E-state index contributed by atoms with van der Waals surface area (Å²) in [5.41, 5.74) is 2.71. The second-order valence-corrected chi connectivity index (χ2v) is 7.55. The van der Waals surface area contributed by atoms with Crippen LogP contribution in [-0.2, 0) is 5.41 Å². The van der Waals surface area contributed by atoms with Crippen LogP contribution >= 0.6 is 11.6 Å². The van der Waals surface area contributed by atoms with E-state index >= 15 is 0 Å². The highest BCUT2D eigenvalue weighted by Crippen LogP contribution is 2.69. The molecule has 1 aromatic carbocycles. The molecule has 17 heavy (non-hydrogen) atoms. The number of rotatable bonds is 1. The fourth-order valence-electron chi connectivity index (χ4n) is 5.49. The Morgan fingerprint density at radius 3 is 2.12 bits per heavy atom. The topological polar surface area (TPSA) is 0 Å². The fraction of sp³-hybridized carbons (Fsp3) is 0.625.